The van der Waals surface area contributed by atoms with Crippen LogP contribution in [0.1, 0.15) is 168 Å². The van der Waals surface area contributed by atoms with E-state index in [2.05, 4.69) is 86.0 Å². The fourth-order valence-electron chi connectivity index (χ4n) is 5.34. The molecule has 0 aliphatic heterocycles. The average Bonchev–Trinajstić information content (AvgIpc) is 3.17. The summed E-state index contributed by atoms with van der Waals surface area (Å²) in [5.74, 6) is -0.587. The molecular formula is C45H78NO8P. The van der Waals surface area contributed by atoms with Crippen molar-refractivity contribution in [3.8, 4) is 0 Å². The summed E-state index contributed by atoms with van der Waals surface area (Å²) in [7, 11) is -4.43. The number of aliphatic hydroxyl groups is 1. The highest BCUT2D eigenvalue weighted by Crippen LogP contribution is 2.42. The summed E-state index contributed by atoms with van der Waals surface area (Å²) < 4.78 is 26.8. The van der Waals surface area contributed by atoms with Crippen molar-refractivity contribution in [1.82, 2.24) is 5.32 Å². The lowest BCUT2D eigenvalue weighted by atomic mass is 10.1. The van der Waals surface area contributed by atoms with Crippen molar-refractivity contribution in [3.05, 3.63) is 72.9 Å². The van der Waals surface area contributed by atoms with Crippen LogP contribution in [0.5, 0.6) is 0 Å². The molecule has 3 N–H and O–H groups in total. The highest BCUT2D eigenvalue weighted by Gasteiger charge is 2.23. The second kappa shape index (κ2) is 41.1. The van der Waals surface area contributed by atoms with Crippen molar-refractivity contribution in [2.45, 2.75) is 174 Å². The minimum atomic E-state index is -4.43. The standard InChI is InChI=1S/C45H78NO8P/c1-3-5-7-9-11-13-15-17-19-21-23-25-27-29-31-33-35-37-44(48)46-39-40-53-55(50,51)54-42-43(47)41-52-45(49)38-36-34-32-30-28-26-24-22-20-18-16-14-12-10-8-6-4-2/h11-14,17-20,24,26,30,32,43,47H,3-10,15-16,21-23,25,27-29,31,33-42H2,1-2H3,(H,46,48)(H,50,51)/b13-11-,14-12-,19-17-,20-18-,26-24-,32-30-. The number of hydrogen-bond acceptors (Lipinski definition) is 7. The van der Waals surface area contributed by atoms with Crippen molar-refractivity contribution in [2.24, 2.45) is 0 Å². The first-order valence-corrected chi connectivity index (χ1v) is 22.9. The van der Waals surface area contributed by atoms with E-state index in [9.17, 15) is 24.2 Å². The third kappa shape index (κ3) is 42.4. The van der Waals surface area contributed by atoms with E-state index in [1.54, 1.807) is 0 Å². The first-order valence-electron chi connectivity index (χ1n) is 21.4. The van der Waals surface area contributed by atoms with Crippen LogP contribution in [0.25, 0.3) is 0 Å². The Labute approximate surface area is 335 Å². The van der Waals surface area contributed by atoms with E-state index < -0.39 is 26.5 Å². The largest absolute Gasteiger partial charge is 0.472 e. The fraction of sp³-hybridized carbons (Fsp3) is 0.689. The Hall–Kier alpha value is -2.55. The first kappa shape index (κ1) is 52.5. The molecule has 0 heterocycles. The number of phosphoric acid groups is 1. The molecule has 0 saturated heterocycles. The number of aliphatic hydroxyl groups excluding tert-OH is 1. The van der Waals surface area contributed by atoms with Gasteiger partial charge in [-0.25, -0.2) is 4.57 Å². The van der Waals surface area contributed by atoms with Gasteiger partial charge >= 0.3 is 13.8 Å². The van der Waals surface area contributed by atoms with Crippen LogP contribution < -0.4 is 5.32 Å². The first-order chi connectivity index (χ1) is 26.8. The molecule has 0 aliphatic carbocycles. The summed E-state index contributed by atoms with van der Waals surface area (Å²) >= 11 is 0. The lowest BCUT2D eigenvalue weighted by Crippen LogP contribution is -2.27. The van der Waals surface area contributed by atoms with Crippen molar-refractivity contribution >= 4 is 19.7 Å². The SMILES string of the molecule is CCCCC/C=C\C/C=C\C/C=C\C/C=C\CCCC(=O)OCC(O)COP(=O)(O)OCCNC(=O)CCCCCCCCC/C=C\C/C=C\CCCCC. The highest BCUT2D eigenvalue weighted by molar-refractivity contribution is 7.47. The van der Waals surface area contributed by atoms with Gasteiger partial charge in [-0.3, -0.25) is 18.6 Å². The number of rotatable bonds is 39. The van der Waals surface area contributed by atoms with Crippen molar-refractivity contribution < 1.29 is 37.9 Å². The number of unbranched alkanes of at least 4 members (excludes halogenated alkanes) is 14. The van der Waals surface area contributed by atoms with Gasteiger partial charge in [-0.1, -0.05) is 145 Å². The molecule has 0 aliphatic rings. The van der Waals surface area contributed by atoms with E-state index in [1.807, 2.05) is 6.08 Å². The summed E-state index contributed by atoms with van der Waals surface area (Å²) in [5, 5.41) is 12.7. The Morgan fingerprint density at radius 2 is 1.00 bits per heavy atom. The molecule has 0 aromatic rings. The maximum atomic E-state index is 12.1. The van der Waals surface area contributed by atoms with E-state index >= 15 is 0 Å². The van der Waals surface area contributed by atoms with Gasteiger partial charge < -0.3 is 20.1 Å². The average molecular weight is 792 g/mol. The predicted octanol–water partition coefficient (Wildman–Crippen LogP) is 11.9. The molecule has 0 fully saturated rings. The third-order valence-electron chi connectivity index (χ3n) is 8.61. The number of esters is 1. The van der Waals surface area contributed by atoms with Crippen LogP contribution in [0, 0.1) is 0 Å². The topological polar surface area (TPSA) is 131 Å². The second-order valence-corrected chi connectivity index (χ2v) is 15.4. The molecule has 2 atom stereocenters. The highest BCUT2D eigenvalue weighted by atomic mass is 31.2. The predicted molar refractivity (Wildman–Crippen MR) is 229 cm³/mol. The zero-order valence-corrected chi connectivity index (χ0v) is 35.5. The van der Waals surface area contributed by atoms with E-state index in [1.165, 1.54) is 77.0 Å². The number of amides is 1. The van der Waals surface area contributed by atoms with Gasteiger partial charge in [0.1, 0.15) is 12.7 Å². The number of carbonyl (C=O) groups excluding carboxylic acids is 2. The summed E-state index contributed by atoms with van der Waals surface area (Å²) in [4.78, 5) is 33.9. The van der Waals surface area contributed by atoms with Gasteiger partial charge in [-0.2, -0.15) is 0 Å². The summed E-state index contributed by atoms with van der Waals surface area (Å²) in [6, 6.07) is 0. The lowest BCUT2D eigenvalue weighted by molar-refractivity contribution is -0.147. The van der Waals surface area contributed by atoms with Crippen LogP contribution in [0.4, 0.5) is 0 Å². The molecule has 0 aromatic heterocycles. The van der Waals surface area contributed by atoms with Gasteiger partial charge in [0.15, 0.2) is 0 Å². The van der Waals surface area contributed by atoms with Crippen LogP contribution in [0.3, 0.4) is 0 Å². The van der Waals surface area contributed by atoms with Gasteiger partial charge in [0.05, 0.1) is 13.2 Å². The third-order valence-corrected chi connectivity index (χ3v) is 9.59. The van der Waals surface area contributed by atoms with Crippen molar-refractivity contribution in [2.75, 3.05) is 26.4 Å². The molecule has 0 rings (SSSR count). The monoisotopic (exact) mass is 792 g/mol. The molecule has 0 aromatic carbocycles. The lowest BCUT2D eigenvalue weighted by Gasteiger charge is -2.15. The van der Waals surface area contributed by atoms with E-state index in [-0.39, 0.29) is 32.1 Å². The molecule has 0 spiro atoms. The molecular weight excluding hydrogens is 713 g/mol. The van der Waals surface area contributed by atoms with Crippen LogP contribution in [0.2, 0.25) is 0 Å². The minimum Gasteiger partial charge on any atom is -0.463 e. The normalized spacial score (nSPS) is 14.0. The van der Waals surface area contributed by atoms with Crippen LogP contribution in [-0.2, 0) is 27.9 Å². The minimum absolute atomic E-state index is 0.0671. The molecule has 0 saturated carbocycles. The maximum Gasteiger partial charge on any atom is 0.472 e. The van der Waals surface area contributed by atoms with Crippen LogP contribution in [-0.4, -0.2) is 54.3 Å². The number of carbonyl (C=O) groups is 2. The Balaban J connectivity index is 3.71. The molecule has 9 nitrogen and oxygen atoms in total. The zero-order chi connectivity index (χ0) is 40.3. The van der Waals surface area contributed by atoms with Gasteiger partial charge in [-0.05, 0) is 83.5 Å². The molecule has 55 heavy (non-hydrogen) atoms. The van der Waals surface area contributed by atoms with Crippen LogP contribution in [0.15, 0.2) is 72.9 Å². The summed E-state index contributed by atoms with van der Waals surface area (Å²) in [6.45, 7) is 3.41. The van der Waals surface area contributed by atoms with Gasteiger partial charge in [0, 0.05) is 19.4 Å². The van der Waals surface area contributed by atoms with E-state index in [4.69, 9.17) is 13.8 Å². The van der Waals surface area contributed by atoms with Gasteiger partial charge in [0.25, 0.3) is 0 Å². The van der Waals surface area contributed by atoms with E-state index in [0.29, 0.717) is 12.8 Å². The Kier molecular flexibility index (Phi) is 39.2. The fourth-order valence-corrected chi connectivity index (χ4v) is 6.10. The molecule has 0 radical (unpaired) electrons. The molecule has 2 unspecified atom stereocenters. The van der Waals surface area contributed by atoms with E-state index in [0.717, 1.165) is 57.8 Å². The quantitative estimate of drug-likeness (QED) is 0.0243. The zero-order valence-electron chi connectivity index (χ0n) is 34.6. The number of ether oxygens (including phenoxy) is 1. The van der Waals surface area contributed by atoms with Gasteiger partial charge in [0.2, 0.25) is 5.91 Å². The summed E-state index contributed by atoms with van der Waals surface area (Å²) in [5.41, 5.74) is 0. The van der Waals surface area contributed by atoms with Crippen LogP contribution >= 0.6 is 7.82 Å². The Morgan fingerprint density at radius 3 is 1.51 bits per heavy atom. The molecule has 0 bridgehead atoms. The molecule has 10 heteroatoms. The molecule has 316 valence electrons. The maximum absolute atomic E-state index is 12.1. The number of allylic oxidation sites excluding steroid dienone is 12. The molecule has 1 amide bonds. The number of nitrogens with one attached hydrogen (secondary N) is 1. The van der Waals surface area contributed by atoms with Crippen molar-refractivity contribution in [1.29, 1.82) is 0 Å². The Bertz CT molecular complexity index is 1130. The second-order valence-electron chi connectivity index (χ2n) is 14.0. The Morgan fingerprint density at radius 1 is 0.564 bits per heavy atom. The number of phosphoric ester groups is 1. The smallest absolute Gasteiger partial charge is 0.463 e. The number of hydrogen-bond donors (Lipinski definition) is 3. The van der Waals surface area contributed by atoms with Gasteiger partial charge in [-0.15, -0.1) is 0 Å². The summed E-state index contributed by atoms with van der Waals surface area (Å²) in [6.07, 6.45) is 49.7. The van der Waals surface area contributed by atoms with Crippen molar-refractivity contribution in [3.63, 3.8) is 0 Å².